The fourth-order valence-electron chi connectivity index (χ4n) is 7.12. The van der Waals surface area contributed by atoms with Crippen LogP contribution in [0.5, 0.6) is 0 Å². The quantitative estimate of drug-likeness (QED) is 0.156. The van der Waals surface area contributed by atoms with Crippen LogP contribution in [0.1, 0.15) is 133 Å². The van der Waals surface area contributed by atoms with Gasteiger partial charge in [-0.1, -0.05) is 134 Å². The van der Waals surface area contributed by atoms with Gasteiger partial charge in [-0.2, -0.15) is 11.6 Å². The minimum Gasteiger partial charge on any atom is -1.00 e. The first-order valence-electron chi connectivity index (χ1n) is 19.4. The molecule has 6 rings (SSSR count). The standard InChI is InChI=1S/C23H29.C15H14.C13H21.2ClH.Zr/c1-14-9-16-11-17-10-15(2)21(23(6,7)8)13-19(17)18(16)12-20(14)22(3,4)5;1-12-3-7-14(8-4-12)11-15-9-5-13(2)6-10-15;1-5-6-7-11-8-9-12(10-11)13(2,3)4;;;/h9-13H,1-8H3;3-10H,1-2H3;9-11H,5-7H2,1-4H3;2*1H;/q-1;;-1;;;+2/p-2. The Kier molecular flexibility index (Phi) is 17.3. The minimum atomic E-state index is 0. The Morgan fingerprint density at radius 3 is 1.37 bits per heavy atom. The van der Waals surface area contributed by atoms with Gasteiger partial charge in [0.2, 0.25) is 0 Å². The zero-order chi connectivity index (χ0) is 38.6. The number of rotatable bonds is 5. The molecule has 0 spiro atoms. The first-order valence-corrected chi connectivity index (χ1v) is 20.6. The van der Waals surface area contributed by atoms with E-state index in [2.05, 4.69) is 194 Å². The van der Waals surface area contributed by atoms with Crippen molar-refractivity contribution in [2.45, 2.75) is 127 Å². The number of aryl methyl sites for hydroxylation is 4. The summed E-state index contributed by atoms with van der Waals surface area (Å²) in [6, 6.07) is 29.5. The molecule has 1 aliphatic carbocycles. The molecule has 5 aromatic rings. The van der Waals surface area contributed by atoms with Crippen molar-refractivity contribution in [3.63, 3.8) is 0 Å². The molecule has 0 bridgehead atoms. The van der Waals surface area contributed by atoms with Crippen LogP contribution in [-0.2, 0) is 35.1 Å². The summed E-state index contributed by atoms with van der Waals surface area (Å²) in [5.41, 5.74) is 13.1. The number of hydrogen-bond acceptors (Lipinski definition) is 0. The first-order chi connectivity index (χ1) is 24.2. The summed E-state index contributed by atoms with van der Waals surface area (Å²) < 4.78 is 1.42. The van der Waals surface area contributed by atoms with Crippen molar-refractivity contribution < 1.29 is 49.0 Å². The van der Waals surface area contributed by atoms with Gasteiger partial charge >= 0.3 is 112 Å². The van der Waals surface area contributed by atoms with Crippen LogP contribution in [0, 0.1) is 45.1 Å². The Hall–Kier alpha value is -2.44. The molecule has 0 saturated carbocycles. The summed E-state index contributed by atoms with van der Waals surface area (Å²) in [5, 5.41) is 5.55. The van der Waals surface area contributed by atoms with Gasteiger partial charge in [0.1, 0.15) is 0 Å². The van der Waals surface area contributed by atoms with Crippen molar-refractivity contribution in [1.29, 1.82) is 0 Å². The van der Waals surface area contributed by atoms with Gasteiger partial charge < -0.3 is 24.8 Å². The van der Waals surface area contributed by atoms with Gasteiger partial charge in [-0.3, -0.25) is 6.08 Å². The van der Waals surface area contributed by atoms with Crippen molar-refractivity contribution in [2.75, 3.05) is 0 Å². The van der Waals surface area contributed by atoms with Gasteiger partial charge in [0, 0.05) is 0 Å². The third kappa shape index (κ3) is 12.5. The molecule has 3 heteroatoms. The van der Waals surface area contributed by atoms with Crippen LogP contribution in [0.25, 0.3) is 21.5 Å². The van der Waals surface area contributed by atoms with Crippen LogP contribution in [0.4, 0.5) is 0 Å². The molecule has 54 heavy (non-hydrogen) atoms. The first kappa shape index (κ1) is 47.7. The molecule has 0 heterocycles. The summed E-state index contributed by atoms with van der Waals surface area (Å²) in [6.07, 6.45) is 11.9. The minimum absolute atomic E-state index is 0. The molecular formula is C51H64Cl2Zr-2. The Morgan fingerprint density at radius 2 is 1.04 bits per heavy atom. The van der Waals surface area contributed by atoms with Crippen LogP contribution < -0.4 is 24.8 Å². The number of benzene rings is 4. The third-order valence-corrected chi connectivity index (χ3v) is 11.7. The van der Waals surface area contributed by atoms with Crippen molar-refractivity contribution in [1.82, 2.24) is 0 Å². The maximum atomic E-state index is 3.43. The van der Waals surface area contributed by atoms with Gasteiger partial charge in [0.05, 0.1) is 0 Å². The summed E-state index contributed by atoms with van der Waals surface area (Å²) in [4.78, 5) is 0. The monoisotopic (exact) mass is 836 g/mol. The third-order valence-electron chi connectivity index (χ3n) is 10.3. The Labute approximate surface area is 356 Å². The van der Waals surface area contributed by atoms with Gasteiger partial charge in [-0.05, 0) is 24.7 Å². The van der Waals surface area contributed by atoms with E-state index in [9.17, 15) is 0 Å². The predicted molar refractivity (Wildman–Crippen MR) is 228 cm³/mol. The van der Waals surface area contributed by atoms with Crippen LogP contribution in [0.15, 0.2) is 96.6 Å². The summed E-state index contributed by atoms with van der Waals surface area (Å²) in [5.74, 6) is 0.592. The topological polar surface area (TPSA) is 0 Å². The fourth-order valence-corrected chi connectivity index (χ4v) is 7.94. The van der Waals surface area contributed by atoms with E-state index in [0.717, 1.165) is 0 Å². The molecule has 1 unspecified atom stereocenters. The Balaban J connectivity index is 0.000000288. The van der Waals surface area contributed by atoms with E-state index in [1.54, 1.807) is 0 Å². The largest absolute Gasteiger partial charge is 1.00 e. The van der Waals surface area contributed by atoms with Crippen LogP contribution in [0.3, 0.4) is 0 Å². The van der Waals surface area contributed by atoms with Gasteiger partial charge in [-0.25, -0.2) is 6.08 Å². The molecule has 5 aromatic carbocycles. The van der Waals surface area contributed by atoms with Crippen LogP contribution in [0.2, 0.25) is 0 Å². The molecule has 0 fully saturated rings. The maximum absolute atomic E-state index is 3.43. The molecule has 0 aliphatic heterocycles. The number of halogens is 2. The van der Waals surface area contributed by atoms with Gasteiger partial charge in [0.25, 0.3) is 0 Å². The van der Waals surface area contributed by atoms with Crippen molar-refractivity contribution in [3.8, 4) is 0 Å². The van der Waals surface area contributed by atoms with E-state index < -0.39 is 0 Å². The molecular weight excluding hydrogens is 775 g/mol. The number of unbranched alkanes of at least 4 members (excludes halogenated alkanes) is 1. The molecule has 0 N–H and O–H groups in total. The average molecular weight is 839 g/mol. The van der Waals surface area contributed by atoms with Crippen molar-refractivity contribution in [2.24, 2.45) is 11.3 Å². The second-order valence-electron chi connectivity index (χ2n) is 18.2. The summed E-state index contributed by atoms with van der Waals surface area (Å²) in [7, 11) is 0. The normalized spacial score (nSPS) is 14.0. The molecule has 0 aromatic heterocycles. The molecule has 0 radical (unpaired) electrons. The second kappa shape index (κ2) is 19.6. The van der Waals surface area contributed by atoms with Crippen molar-refractivity contribution in [3.05, 3.63) is 147 Å². The molecule has 0 saturated heterocycles. The zero-order valence-electron chi connectivity index (χ0n) is 35.6. The van der Waals surface area contributed by atoms with Gasteiger partial charge in [-0.15, -0.1) is 39.7 Å². The van der Waals surface area contributed by atoms with Gasteiger partial charge in [0.15, 0.2) is 0 Å². The SMILES string of the molecule is CCCCC1[C-]=CC(C(C)(C)C)=C1.Cc1cc2[cH-]c3cc(C)c(C(C)(C)C)cc3c2cc1C(C)(C)C.Cc1ccc([C](=[Zr+2])c2ccc(C)cc2)cc1.[Cl-].[Cl-]. The predicted octanol–water partition coefficient (Wildman–Crippen LogP) is 8.49. The zero-order valence-corrected chi connectivity index (χ0v) is 39.6. The van der Waals surface area contributed by atoms with Crippen LogP contribution >= 0.6 is 0 Å². The molecule has 1 atom stereocenters. The van der Waals surface area contributed by atoms with E-state index in [1.807, 2.05) is 0 Å². The Bertz CT molecular complexity index is 1930. The smallest absolute Gasteiger partial charge is 1.00 e. The number of allylic oxidation sites excluding steroid dienone is 4. The van der Waals surface area contributed by atoms with Crippen molar-refractivity contribution >= 4 is 24.8 Å². The van der Waals surface area contributed by atoms with E-state index in [1.165, 1.54) is 118 Å². The molecule has 288 valence electrons. The van der Waals surface area contributed by atoms with Crippen LogP contribution in [-0.4, -0.2) is 3.21 Å². The van der Waals surface area contributed by atoms with E-state index in [4.69, 9.17) is 0 Å². The fraction of sp³-hybridized carbons (Fsp3) is 0.412. The molecule has 0 nitrogen and oxygen atoms in total. The number of fused-ring (bicyclic) bond motifs is 3. The van der Waals surface area contributed by atoms with E-state index >= 15 is 0 Å². The molecule has 1 aliphatic rings. The maximum Gasteiger partial charge on any atom is -1.00 e. The average Bonchev–Trinajstić information content (AvgIpc) is 3.67. The van der Waals surface area contributed by atoms with E-state index in [0.29, 0.717) is 11.3 Å². The summed E-state index contributed by atoms with van der Waals surface area (Å²) >= 11 is 1.46. The second-order valence-corrected chi connectivity index (χ2v) is 19.4. The number of hydrogen-bond donors (Lipinski definition) is 0. The summed E-state index contributed by atoms with van der Waals surface area (Å²) in [6.45, 7) is 31.6. The molecule has 0 amide bonds. The Morgan fingerprint density at radius 1 is 0.630 bits per heavy atom. The van der Waals surface area contributed by atoms with E-state index in [-0.39, 0.29) is 35.6 Å².